The second-order valence-electron chi connectivity index (χ2n) is 4.51. The fourth-order valence-electron chi connectivity index (χ4n) is 1.81. The molecule has 0 aliphatic rings. The number of esters is 1. The van der Waals surface area contributed by atoms with Crippen LogP contribution in [-0.2, 0) is 4.74 Å². The summed E-state index contributed by atoms with van der Waals surface area (Å²) in [5.41, 5.74) is 1.09. The van der Waals surface area contributed by atoms with Gasteiger partial charge in [-0.2, -0.15) is 0 Å². The fraction of sp³-hybridized carbons (Fsp3) is 0.125. The zero-order valence-electron chi connectivity index (χ0n) is 12.2. The Balaban J connectivity index is 2.03. The second-order valence-corrected chi connectivity index (χ2v) is 4.92. The van der Waals surface area contributed by atoms with Gasteiger partial charge >= 0.3 is 12.0 Å². The Bertz CT molecular complexity index is 737. The van der Waals surface area contributed by atoms with E-state index < -0.39 is 17.8 Å². The van der Waals surface area contributed by atoms with Gasteiger partial charge in [0, 0.05) is 11.4 Å². The third-order valence-corrected chi connectivity index (χ3v) is 3.10. The summed E-state index contributed by atoms with van der Waals surface area (Å²) in [5, 5.41) is 4.99. The van der Waals surface area contributed by atoms with Crippen molar-refractivity contribution in [1.29, 1.82) is 0 Å². The van der Waals surface area contributed by atoms with Crippen LogP contribution in [0.5, 0.6) is 0 Å². The van der Waals surface area contributed by atoms with Crippen molar-refractivity contribution in [2.45, 2.75) is 6.92 Å². The highest BCUT2D eigenvalue weighted by atomic mass is 35.5. The Morgan fingerprint density at radius 3 is 2.48 bits per heavy atom. The lowest BCUT2D eigenvalue weighted by Gasteiger charge is -2.09. The molecule has 0 aliphatic carbocycles. The van der Waals surface area contributed by atoms with Gasteiger partial charge in [-0.15, -0.1) is 0 Å². The maximum Gasteiger partial charge on any atom is 0.338 e. The van der Waals surface area contributed by atoms with Crippen LogP contribution in [0, 0.1) is 5.82 Å². The number of amides is 2. The number of halogens is 2. The number of carbonyl (C=O) groups is 2. The molecule has 0 saturated heterocycles. The first-order chi connectivity index (χ1) is 11.0. The smallest absolute Gasteiger partial charge is 0.338 e. The minimum atomic E-state index is -0.570. The van der Waals surface area contributed by atoms with Crippen molar-refractivity contribution in [3.05, 3.63) is 58.9 Å². The summed E-state index contributed by atoms with van der Waals surface area (Å²) in [6, 6.07) is 9.61. The number of hydrogen-bond acceptors (Lipinski definition) is 3. The van der Waals surface area contributed by atoms with Crippen molar-refractivity contribution in [3.8, 4) is 0 Å². The highest BCUT2D eigenvalue weighted by molar-refractivity contribution is 6.31. The van der Waals surface area contributed by atoms with Crippen molar-refractivity contribution in [3.63, 3.8) is 0 Å². The zero-order chi connectivity index (χ0) is 16.8. The molecule has 2 N–H and O–H groups in total. The number of ether oxygens (including phenoxy) is 1. The Labute approximate surface area is 137 Å². The van der Waals surface area contributed by atoms with Gasteiger partial charge in [0.25, 0.3) is 0 Å². The van der Waals surface area contributed by atoms with E-state index >= 15 is 0 Å². The van der Waals surface area contributed by atoms with Gasteiger partial charge in [-0.3, -0.25) is 0 Å². The first-order valence-electron chi connectivity index (χ1n) is 6.80. The maximum atomic E-state index is 13.1. The van der Waals surface area contributed by atoms with Crippen molar-refractivity contribution >= 4 is 35.0 Å². The van der Waals surface area contributed by atoms with E-state index in [4.69, 9.17) is 16.3 Å². The maximum absolute atomic E-state index is 13.1. The second kappa shape index (κ2) is 7.60. The van der Waals surface area contributed by atoms with Gasteiger partial charge in [-0.05, 0) is 43.3 Å². The van der Waals surface area contributed by atoms with Gasteiger partial charge < -0.3 is 15.4 Å². The van der Waals surface area contributed by atoms with Crippen LogP contribution in [0.15, 0.2) is 42.5 Å². The molecule has 0 bridgehead atoms. The molecule has 0 heterocycles. The third kappa shape index (κ3) is 4.69. The van der Waals surface area contributed by atoms with Crippen LogP contribution in [0.4, 0.5) is 20.6 Å². The molecule has 2 rings (SSSR count). The molecule has 0 radical (unpaired) electrons. The van der Waals surface area contributed by atoms with Gasteiger partial charge in [-0.1, -0.05) is 17.7 Å². The summed E-state index contributed by atoms with van der Waals surface area (Å²) in [7, 11) is 0. The van der Waals surface area contributed by atoms with E-state index in [1.54, 1.807) is 25.1 Å². The lowest BCUT2D eigenvalue weighted by atomic mass is 10.2. The highest BCUT2D eigenvalue weighted by Gasteiger charge is 2.09. The molecular formula is C16H14ClFN2O3. The molecular weight excluding hydrogens is 323 g/mol. The zero-order valence-corrected chi connectivity index (χ0v) is 13.0. The molecule has 0 unspecified atom stereocenters. The largest absolute Gasteiger partial charge is 0.462 e. The molecule has 2 amide bonds. The standard InChI is InChI=1S/C16H14ClFN2O3/c1-2-23-15(21)10-4-3-5-11(8-10)19-16(22)20-12-6-7-14(18)13(17)9-12/h3-9H,2H2,1H3,(H2,19,20,22). The number of urea groups is 1. The summed E-state index contributed by atoms with van der Waals surface area (Å²) < 4.78 is 18.0. The number of nitrogens with one attached hydrogen (secondary N) is 2. The van der Waals surface area contributed by atoms with Crippen molar-refractivity contribution in [2.75, 3.05) is 17.2 Å². The first kappa shape index (κ1) is 16.8. The lowest BCUT2D eigenvalue weighted by molar-refractivity contribution is 0.0526. The van der Waals surface area contributed by atoms with Crippen molar-refractivity contribution in [2.24, 2.45) is 0 Å². The monoisotopic (exact) mass is 336 g/mol. The quantitative estimate of drug-likeness (QED) is 0.818. The van der Waals surface area contributed by atoms with Gasteiger partial charge in [0.1, 0.15) is 5.82 Å². The molecule has 0 saturated carbocycles. The van der Waals surface area contributed by atoms with Crippen LogP contribution in [0.2, 0.25) is 5.02 Å². The molecule has 0 aliphatic heterocycles. The summed E-state index contributed by atoms with van der Waals surface area (Å²) in [5.74, 6) is -1.04. The molecule has 0 spiro atoms. The number of benzene rings is 2. The number of rotatable bonds is 4. The van der Waals surface area contributed by atoms with E-state index in [1.807, 2.05) is 0 Å². The van der Waals surface area contributed by atoms with E-state index in [1.165, 1.54) is 18.2 Å². The SMILES string of the molecule is CCOC(=O)c1cccc(NC(=O)Nc2ccc(F)c(Cl)c2)c1. The van der Waals surface area contributed by atoms with E-state index in [0.717, 1.165) is 6.07 Å². The van der Waals surface area contributed by atoms with E-state index in [2.05, 4.69) is 10.6 Å². The number of hydrogen-bond donors (Lipinski definition) is 2. The molecule has 0 aromatic heterocycles. The summed E-state index contributed by atoms with van der Waals surface area (Å²) in [6.45, 7) is 1.98. The molecule has 2 aromatic carbocycles. The topological polar surface area (TPSA) is 67.4 Å². The van der Waals surface area contributed by atoms with Gasteiger partial charge in [-0.25, -0.2) is 14.0 Å². The molecule has 23 heavy (non-hydrogen) atoms. The van der Waals surface area contributed by atoms with Crippen LogP contribution in [0.25, 0.3) is 0 Å². The van der Waals surface area contributed by atoms with E-state index in [9.17, 15) is 14.0 Å². The minimum absolute atomic E-state index is 0.0906. The average molecular weight is 337 g/mol. The molecule has 2 aromatic rings. The summed E-state index contributed by atoms with van der Waals surface area (Å²) in [6.07, 6.45) is 0. The van der Waals surface area contributed by atoms with Gasteiger partial charge in [0.05, 0.1) is 17.2 Å². The normalized spacial score (nSPS) is 10.0. The van der Waals surface area contributed by atoms with Gasteiger partial charge in [0.15, 0.2) is 0 Å². The Morgan fingerprint density at radius 2 is 1.83 bits per heavy atom. The first-order valence-corrected chi connectivity index (χ1v) is 7.17. The number of anilines is 2. The molecule has 120 valence electrons. The predicted molar refractivity (Wildman–Crippen MR) is 86.4 cm³/mol. The van der Waals surface area contributed by atoms with Crippen LogP contribution < -0.4 is 10.6 Å². The third-order valence-electron chi connectivity index (χ3n) is 2.81. The van der Waals surface area contributed by atoms with E-state index in [0.29, 0.717) is 16.9 Å². The summed E-state index contributed by atoms with van der Waals surface area (Å²) in [4.78, 5) is 23.6. The molecule has 5 nitrogen and oxygen atoms in total. The highest BCUT2D eigenvalue weighted by Crippen LogP contribution is 2.19. The Kier molecular flexibility index (Phi) is 5.54. The van der Waals surface area contributed by atoms with Crippen LogP contribution in [0.1, 0.15) is 17.3 Å². The number of carbonyl (C=O) groups excluding carboxylic acids is 2. The van der Waals surface area contributed by atoms with Crippen molar-refractivity contribution < 1.29 is 18.7 Å². The molecule has 0 atom stereocenters. The molecule has 0 fully saturated rings. The van der Waals surface area contributed by atoms with E-state index in [-0.39, 0.29) is 11.6 Å². The average Bonchev–Trinajstić information content (AvgIpc) is 2.51. The minimum Gasteiger partial charge on any atom is -0.462 e. The van der Waals surface area contributed by atoms with Crippen molar-refractivity contribution in [1.82, 2.24) is 0 Å². The lowest BCUT2D eigenvalue weighted by Crippen LogP contribution is -2.19. The Morgan fingerprint density at radius 1 is 1.13 bits per heavy atom. The van der Waals surface area contributed by atoms with Crippen LogP contribution in [0.3, 0.4) is 0 Å². The Hall–Kier alpha value is -2.60. The fourth-order valence-corrected chi connectivity index (χ4v) is 1.99. The predicted octanol–water partition coefficient (Wildman–Crippen LogP) is 4.30. The van der Waals surface area contributed by atoms with Crippen LogP contribution >= 0.6 is 11.6 Å². The van der Waals surface area contributed by atoms with Gasteiger partial charge in [0.2, 0.25) is 0 Å². The summed E-state index contributed by atoms with van der Waals surface area (Å²) >= 11 is 5.64. The van der Waals surface area contributed by atoms with Crippen LogP contribution in [-0.4, -0.2) is 18.6 Å². The molecule has 7 heteroatoms.